The van der Waals surface area contributed by atoms with E-state index < -0.39 is 28.7 Å². The number of nitrogens with zero attached hydrogens (tertiary/aromatic N) is 4. The summed E-state index contributed by atoms with van der Waals surface area (Å²) in [6.45, 7) is 7.49. The van der Waals surface area contributed by atoms with E-state index >= 15 is 0 Å². The number of aliphatic carboxylic acids is 1. The smallest absolute Gasteiger partial charge is 0.343 e. The van der Waals surface area contributed by atoms with Gasteiger partial charge in [-0.2, -0.15) is 5.26 Å². The minimum atomic E-state index is -3.00. The number of anilines is 2. The van der Waals surface area contributed by atoms with Crippen LogP contribution in [-0.2, 0) is 20.4 Å². The van der Waals surface area contributed by atoms with Crippen LogP contribution in [0.4, 0.5) is 11.4 Å². The van der Waals surface area contributed by atoms with E-state index in [2.05, 4.69) is 41.6 Å². The molecule has 0 radical (unpaired) electrons. The van der Waals surface area contributed by atoms with E-state index in [-0.39, 0.29) is 35.6 Å². The van der Waals surface area contributed by atoms with E-state index in [9.17, 15) is 28.4 Å². The third-order valence-electron chi connectivity index (χ3n) is 9.79. The number of ether oxygens (including phenoxy) is 1. The second kappa shape index (κ2) is 15.2. The summed E-state index contributed by atoms with van der Waals surface area (Å²) < 4.78 is 33.8. The molecular formula is C34H46N6O6S. The highest BCUT2D eigenvalue weighted by atomic mass is 32.2. The highest BCUT2D eigenvalue weighted by Crippen LogP contribution is 2.41. The zero-order chi connectivity index (χ0) is 33.7. The van der Waals surface area contributed by atoms with Crippen LogP contribution in [0.3, 0.4) is 0 Å². The number of carbonyl (C=O) groups is 2. The first-order valence-corrected chi connectivity index (χ1v) is 18.1. The van der Waals surface area contributed by atoms with E-state index in [1.807, 2.05) is 4.90 Å². The second-order valence-corrected chi connectivity index (χ2v) is 14.0. The molecule has 3 heterocycles. The number of carboxylic acid groups (broad SMARTS) is 1. The minimum absolute atomic E-state index is 0.138. The maximum atomic E-state index is 13.9. The molecule has 3 aromatic rings. The van der Waals surface area contributed by atoms with E-state index in [1.54, 1.807) is 18.2 Å². The van der Waals surface area contributed by atoms with Crippen molar-refractivity contribution in [2.45, 2.75) is 91.1 Å². The van der Waals surface area contributed by atoms with Gasteiger partial charge < -0.3 is 19.7 Å². The zero-order valence-corrected chi connectivity index (χ0v) is 28.3. The van der Waals surface area contributed by atoms with E-state index in [0.717, 1.165) is 51.4 Å². The summed E-state index contributed by atoms with van der Waals surface area (Å²) in [5.41, 5.74) is 2.05. The van der Waals surface area contributed by atoms with Crippen LogP contribution in [0, 0.1) is 35.0 Å². The number of H-pyrrole nitrogens is 1. The van der Waals surface area contributed by atoms with Gasteiger partial charge in [0.05, 0.1) is 22.9 Å². The van der Waals surface area contributed by atoms with Gasteiger partial charge in [0, 0.05) is 24.8 Å². The molecule has 1 saturated carbocycles. The Morgan fingerprint density at radius 2 is 1.87 bits per heavy atom. The van der Waals surface area contributed by atoms with E-state index in [1.165, 1.54) is 10.7 Å². The van der Waals surface area contributed by atoms with Crippen molar-refractivity contribution < 1.29 is 27.9 Å². The molecule has 2 aromatic heterocycles. The van der Waals surface area contributed by atoms with Gasteiger partial charge in [-0.1, -0.05) is 46.5 Å². The number of benzene rings is 1. The average Bonchev–Trinajstić information content (AvgIpc) is 3.61. The van der Waals surface area contributed by atoms with Crippen molar-refractivity contribution in [3.05, 3.63) is 35.5 Å². The first-order valence-electron chi connectivity index (χ1n) is 16.9. The molecule has 1 aliphatic heterocycles. The van der Waals surface area contributed by atoms with Gasteiger partial charge in [0.2, 0.25) is 10.9 Å². The van der Waals surface area contributed by atoms with Crippen LogP contribution < -0.4 is 9.62 Å². The number of unbranched alkanes of at least 4 members (excludes halogenated alkanes) is 2. The maximum absolute atomic E-state index is 13.9. The van der Waals surface area contributed by atoms with Crippen molar-refractivity contribution in [2.75, 3.05) is 22.7 Å². The number of rotatable bonds is 13. The summed E-state index contributed by atoms with van der Waals surface area (Å²) >= 11 is 0. The topological polar surface area (TPSA) is 170 Å². The molecule has 47 heavy (non-hydrogen) atoms. The van der Waals surface area contributed by atoms with Crippen molar-refractivity contribution >= 4 is 39.9 Å². The van der Waals surface area contributed by atoms with Gasteiger partial charge in [0.15, 0.2) is 5.82 Å². The molecule has 3 N–H and O–H groups in total. The predicted octanol–water partition coefficient (Wildman–Crippen LogP) is 6.01. The van der Waals surface area contributed by atoms with E-state index in [4.69, 9.17) is 4.74 Å². The Labute approximate surface area is 277 Å². The van der Waals surface area contributed by atoms with Crippen LogP contribution in [0.5, 0.6) is 0 Å². The summed E-state index contributed by atoms with van der Waals surface area (Å²) in [6.07, 6.45) is 10.8. The maximum Gasteiger partial charge on any atom is 0.343 e. The number of aromatic amines is 1. The Hall–Kier alpha value is -4.05. The normalized spacial score (nSPS) is 23.1. The molecule has 0 amide bonds. The minimum Gasteiger partial charge on any atom is -0.481 e. The van der Waals surface area contributed by atoms with Gasteiger partial charge in [-0.15, -0.1) is 5.10 Å². The van der Waals surface area contributed by atoms with Crippen LogP contribution in [0.2, 0.25) is 0 Å². The van der Waals surface area contributed by atoms with Gasteiger partial charge in [-0.25, -0.2) is 17.7 Å². The predicted molar refractivity (Wildman–Crippen MR) is 180 cm³/mol. The first kappa shape index (κ1) is 34.3. The summed E-state index contributed by atoms with van der Waals surface area (Å²) in [7, 11) is -3.00. The summed E-state index contributed by atoms with van der Waals surface area (Å²) in [6, 6.07) is 7.27. The van der Waals surface area contributed by atoms with Gasteiger partial charge in [0.1, 0.15) is 23.4 Å². The SMILES string of the molecule is CCCCC1CC(C)CC(CCCC)C1OC(=O)c1c(C#N)cn2nc(-c3ccc(N4CCCC(C(=O)O)C4)c(N[SH](=O)=O)c3)[nH]c12. The Bertz CT molecular complexity index is 1680. The lowest BCUT2D eigenvalue weighted by atomic mass is 9.70. The number of aromatic nitrogens is 3. The monoisotopic (exact) mass is 666 g/mol. The first-order chi connectivity index (χ1) is 22.6. The number of thiol groups is 1. The molecule has 13 heteroatoms. The van der Waals surface area contributed by atoms with Crippen molar-refractivity contribution in [1.82, 2.24) is 14.6 Å². The number of nitriles is 1. The average molecular weight is 667 g/mol. The molecule has 2 aliphatic rings. The lowest BCUT2D eigenvalue weighted by Crippen LogP contribution is -2.40. The van der Waals surface area contributed by atoms with Crippen LogP contribution in [-0.4, -0.2) is 59.3 Å². The van der Waals surface area contributed by atoms with Gasteiger partial charge in [0.25, 0.3) is 0 Å². The number of hydrogen-bond acceptors (Lipinski definition) is 8. The van der Waals surface area contributed by atoms with Crippen molar-refractivity contribution in [3.8, 4) is 17.5 Å². The molecular weight excluding hydrogens is 620 g/mol. The summed E-state index contributed by atoms with van der Waals surface area (Å²) in [4.78, 5) is 30.7. The number of fused-ring (bicyclic) bond motifs is 1. The Kier molecular flexibility index (Phi) is 11.1. The Morgan fingerprint density at radius 3 is 2.49 bits per heavy atom. The number of nitrogens with one attached hydrogen (secondary N) is 2. The molecule has 3 unspecified atom stereocenters. The van der Waals surface area contributed by atoms with Crippen LogP contribution in [0.25, 0.3) is 17.0 Å². The molecule has 0 spiro atoms. The molecule has 3 atom stereocenters. The molecule has 2 fully saturated rings. The van der Waals surface area contributed by atoms with Gasteiger partial charge in [-0.05, 0) is 74.5 Å². The van der Waals surface area contributed by atoms with E-state index in [0.29, 0.717) is 53.7 Å². The number of carbonyl (C=O) groups excluding carboxylic acids is 1. The van der Waals surface area contributed by atoms with Crippen molar-refractivity contribution in [2.24, 2.45) is 23.7 Å². The summed E-state index contributed by atoms with van der Waals surface area (Å²) in [5.74, 6) is -0.484. The third kappa shape index (κ3) is 7.75. The largest absolute Gasteiger partial charge is 0.481 e. The summed E-state index contributed by atoms with van der Waals surface area (Å²) in [5, 5.41) is 24.1. The number of esters is 1. The highest BCUT2D eigenvalue weighted by molar-refractivity contribution is 7.73. The van der Waals surface area contributed by atoms with Crippen LogP contribution in [0.1, 0.15) is 101 Å². The zero-order valence-electron chi connectivity index (χ0n) is 27.4. The fourth-order valence-electron chi connectivity index (χ4n) is 7.56. The third-order valence-corrected chi connectivity index (χ3v) is 10.2. The Morgan fingerprint density at radius 1 is 1.17 bits per heavy atom. The number of piperidine rings is 1. The van der Waals surface area contributed by atoms with Crippen molar-refractivity contribution in [3.63, 3.8) is 0 Å². The standard InChI is InChI=1S/C34H46N6O6S/c1-4-6-9-22-15-21(3)16-23(10-7-5-2)30(22)46-34(43)29-26(18-35)20-40-32(29)36-31(37-40)24-12-13-28(27(17-24)38-47(44)45)39-14-8-11-25(19-39)33(41)42/h12-13,17,20-23,25,30,47H,4-11,14-16,19H2,1-3H3,(H,36,37)(H,41,42)(H,38,44,45). The molecule has 1 saturated heterocycles. The second-order valence-electron chi connectivity index (χ2n) is 13.3. The molecule has 5 rings (SSSR count). The Balaban J connectivity index is 1.46. The molecule has 1 aromatic carbocycles. The van der Waals surface area contributed by atoms with Gasteiger partial charge >= 0.3 is 11.9 Å². The fraction of sp³-hybridized carbons (Fsp3) is 0.588. The van der Waals surface area contributed by atoms with Crippen LogP contribution in [0.15, 0.2) is 24.4 Å². The fourth-order valence-corrected chi connectivity index (χ4v) is 7.93. The lowest BCUT2D eigenvalue weighted by molar-refractivity contribution is -0.141. The molecule has 0 bridgehead atoms. The quantitative estimate of drug-likeness (QED) is 0.126. The molecule has 12 nitrogen and oxygen atoms in total. The van der Waals surface area contributed by atoms with Crippen molar-refractivity contribution in [1.29, 1.82) is 5.26 Å². The highest BCUT2D eigenvalue weighted by Gasteiger charge is 2.39. The van der Waals surface area contributed by atoms with Gasteiger partial charge in [-0.3, -0.25) is 9.52 Å². The number of hydrogen-bond donors (Lipinski definition) is 4. The molecule has 254 valence electrons. The van der Waals surface area contributed by atoms with Crippen LogP contribution >= 0.6 is 0 Å². The lowest BCUT2D eigenvalue weighted by Gasteiger charge is -2.40. The number of carboxylic acids is 1. The molecule has 1 aliphatic carbocycles.